The number of carbonyl (C=O) groups excluding carboxylic acids is 2. The van der Waals surface area contributed by atoms with Gasteiger partial charge in [0, 0.05) is 18.6 Å². The van der Waals surface area contributed by atoms with Crippen LogP contribution in [0.15, 0.2) is 0 Å². The third-order valence-corrected chi connectivity index (χ3v) is 13.1. The summed E-state index contributed by atoms with van der Waals surface area (Å²) in [5.74, 6) is 4.46. The molecule has 8 aliphatic rings. The molecule has 8 fully saturated rings. The molecule has 0 aromatic rings. The molecule has 1 N–H and O–H groups in total. The molecule has 0 radical (unpaired) electrons. The number of rotatable bonds is 2. The van der Waals surface area contributed by atoms with E-state index in [9.17, 15) is 9.59 Å². The minimum Gasteiger partial charge on any atom is -0.350 e. The molecule has 34 heavy (non-hydrogen) atoms. The zero-order valence-corrected chi connectivity index (χ0v) is 21.8. The highest BCUT2D eigenvalue weighted by molar-refractivity contribution is 6.01. The van der Waals surface area contributed by atoms with Crippen molar-refractivity contribution >= 4 is 11.8 Å². The number of fused-ring (bicyclic) bond motifs is 5. The molecule has 4 nitrogen and oxygen atoms in total. The topological polar surface area (TPSA) is 49.4 Å². The van der Waals surface area contributed by atoms with Crippen molar-refractivity contribution in [2.45, 2.75) is 115 Å². The fourth-order valence-electron chi connectivity index (χ4n) is 12.1. The van der Waals surface area contributed by atoms with Crippen LogP contribution in [0.3, 0.4) is 0 Å². The van der Waals surface area contributed by atoms with Gasteiger partial charge in [0.25, 0.3) is 0 Å². The van der Waals surface area contributed by atoms with E-state index in [1.165, 1.54) is 57.8 Å². The first-order chi connectivity index (χ1) is 16.2. The Morgan fingerprint density at radius 1 is 0.882 bits per heavy atom. The van der Waals surface area contributed by atoms with Gasteiger partial charge in [-0.3, -0.25) is 9.59 Å². The maximum Gasteiger partial charge on any atom is 0.235 e. The normalized spacial score (nSPS) is 55.5. The van der Waals surface area contributed by atoms with Crippen LogP contribution in [0.5, 0.6) is 0 Å². The average Bonchev–Trinajstić information content (AvgIpc) is 3.17. The second-order valence-electron chi connectivity index (χ2n) is 15.0. The maximum atomic E-state index is 13.9. The molecule has 7 saturated carbocycles. The summed E-state index contributed by atoms with van der Waals surface area (Å²) in [6.07, 6.45) is 17.7. The molecule has 7 aliphatic carbocycles. The van der Waals surface area contributed by atoms with Gasteiger partial charge in [-0.25, -0.2) is 0 Å². The number of likely N-dealkylation sites (tertiary alicyclic amines) is 1. The summed E-state index contributed by atoms with van der Waals surface area (Å²) >= 11 is 0. The molecule has 8 rings (SSSR count). The molecule has 2 amide bonds. The molecular formula is C30H46N2O2. The summed E-state index contributed by atoms with van der Waals surface area (Å²) in [6, 6.07) is 0.315. The van der Waals surface area contributed by atoms with E-state index in [0.717, 1.165) is 61.7 Å². The summed E-state index contributed by atoms with van der Waals surface area (Å²) < 4.78 is 0. The molecule has 4 bridgehead atoms. The molecule has 188 valence electrons. The Hall–Kier alpha value is -1.06. The molecule has 0 aromatic carbocycles. The van der Waals surface area contributed by atoms with Crippen molar-refractivity contribution in [1.82, 2.24) is 10.2 Å². The van der Waals surface area contributed by atoms with Crippen LogP contribution in [-0.2, 0) is 9.59 Å². The summed E-state index contributed by atoms with van der Waals surface area (Å²) in [7, 11) is 2.01. The lowest BCUT2D eigenvalue weighted by Crippen LogP contribution is -2.66. The molecule has 0 aromatic heterocycles. The van der Waals surface area contributed by atoms with Crippen LogP contribution >= 0.6 is 0 Å². The van der Waals surface area contributed by atoms with Crippen LogP contribution in [0.25, 0.3) is 0 Å². The van der Waals surface area contributed by atoms with Crippen molar-refractivity contribution < 1.29 is 9.59 Å². The first-order valence-corrected chi connectivity index (χ1v) is 14.8. The van der Waals surface area contributed by atoms with Gasteiger partial charge in [-0.15, -0.1) is 0 Å². The Labute approximate surface area is 206 Å². The van der Waals surface area contributed by atoms with Crippen molar-refractivity contribution in [3.05, 3.63) is 0 Å². The average molecular weight is 467 g/mol. The first-order valence-electron chi connectivity index (χ1n) is 14.8. The van der Waals surface area contributed by atoms with Crippen molar-refractivity contribution in [2.24, 2.45) is 52.3 Å². The van der Waals surface area contributed by atoms with Crippen molar-refractivity contribution in [3.63, 3.8) is 0 Å². The third kappa shape index (κ3) is 3.01. The predicted molar refractivity (Wildman–Crippen MR) is 133 cm³/mol. The fraction of sp³-hybridized carbons (Fsp3) is 0.933. The number of piperidine rings is 1. The first kappa shape index (κ1) is 22.2. The van der Waals surface area contributed by atoms with E-state index in [2.05, 4.69) is 19.2 Å². The zero-order valence-electron chi connectivity index (χ0n) is 21.8. The zero-order chi connectivity index (χ0) is 23.5. The number of hydrogen-bond donors (Lipinski definition) is 1. The van der Waals surface area contributed by atoms with Crippen LogP contribution in [-0.4, -0.2) is 35.3 Å². The monoisotopic (exact) mass is 466 g/mol. The molecule has 4 heteroatoms. The van der Waals surface area contributed by atoms with Crippen molar-refractivity contribution in [2.75, 3.05) is 7.05 Å². The van der Waals surface area contributed by atoms with E-state index in [0.29, 0.717) is 17.4 Å². The lowest BCUT2D eigenvalue weighted by molar-refractivity contribution is -0.170. The van der Waals surface area contributed by atoms with E-state index in [1.54, 1.807) is 0 Å². The molecule has 1 aliphatic heterocycles. The fourth-order valence-corrected chi connectivity index (χ4v) is 12.1. The molecule has 7 atom stereocenters. The smallest absolute Gasteiger partial charge is 0.235 e. The lowest BCUT2D eigenvalue weighted by Gasteiger charge is -2.62. The van der Waals surface area contributed by atoms with Gasteiger partial charge in [-0.05, 0) is 130 Å². The Morgan fingerprint density at radius 2 is 1.56 bits per heavy atom. The standard InChI is InChI=1S/C30H46N2O2/c1-28-9-4-5-23(28)21-6-7-25-29(2,24(21)8-10-28)17-22(27(34)32(25)3)26(33)31-30-14-18-11-19(15-30)13-20(12-18)16-30/h18-25H,4-17H2,1-3H3,(H,31,33)/t18?,19?,20?,21-,22?,23-,24-,25+,28-,29+,30?/m0/s1. The van der Waals surface area contributed by atoms with E-state index in [1.807, 2.05) is 11.9 Å². The third-order valence-electron chi connectivity index (χ3n) is 13.1. The molecule has 1 unspecified atom stereocenters. The van der Waals surface area contributed by atoms with Crippen LogP contribution in [0.4, 0.5) is 0 Å². The van der Waals surface area contributed by atoms with Crippen LogP contribution in [0, 0.1) is 52.3 Å². The summed E-state index contributed by atoms with van der Waals surface area (Å²) in [4.78, 5) is 29.5. The van der Waals surface area contributed by atoms with Gasteiger partial charge in [0.15, 0.2) is 0 Å². The maximum absolute atomic E-state index is 13.9. The summed E-state index contributed by atoms with van der Waals surface area (Å²) in [6.45, 7) is 5.04. The second kappa shape index (κ2) is 7.25. The molecule has 0 spiro atoms. The highest BCUT2D eigenvalue weighted by Crippen LogP contribution is 2.65. The van der Waals surface area contributed by atoms with Gasteiger partial charge in [-0.1, -0.05) is 20.3 Å². The Morgan fingerprint density at radius 3 is 2.24 bits per heavy atom. The second-order valence-corrected chi connectivity index (χ2v) is 15.0. The number of amides is 2. The molecule has 1 saturated heterocycles. The van der Waals surface area contributed by atoms with Gasteiger partial charge >= 0.3 is 0 Å². The van der Waals surface area contributed by atoms with Gasteiger partial charge in [-0.2, -0.15) is 0 Å². The van der Waals surface area contributed by atoms with E-state index < -0.39 is 5.92 Å². The largest absolute Gasteiger partial charge is 0.350 e. The highest BCUT2D eigenvalue weighted by atomic mass is 16.2. The number of carbonyl (C=O) groups is 2. The van der Waals surface area contributed by atoms with E-state index in [4.69, 9.17) is 0 Å². The summed E-state index contributed by atoms with van der Waals surface area (Å²) in [5, 5.41) is 3.59. The molecule has 1 heterocycles. The predicted octanol–water partition coefficient (Wildman–Crippen LogP) is 5.55. The SMILES string of the molecule is CN1C(=O)C(C(=O)NC23CC4CC(CC(C4)C2)C3)C[C@]2(C)[C@H]3CC[C@]4(C)CCC[C@H]4[C@@H]3CC[C@@H]12. The van der Waals surface area contributed by atoms with Crippen LogP contribution in [0.2, 0.25) is 0 Å². The quantitative estimate of drug-likeness (QED) is 0.542. The Balaban J connectivity index is 1.14. The number of nitrogens with zero attached hydrogens (tertiary/aromatic N) is 1. The van der Waals surface area contributed by atoms with Gasteiger partial charge < -0.3 is 10.2 Å². The van der Waals surface area contributed by atoms with Crippen LogP contribution < -0.4 is 5.32 Å². The van der Waals surface area contributed by atoms with E-state index >= 15 is 0 Å². The highest BCUT2D eigenvalue weighted by Gasteiger charge is 2.62. The number of nitrogens with one attached hydrogen (secondary N) is 1. The lowest BCUT2D eigenvalue weighted by atomic mass is 9.47. The van der Waals surface area contributed by atoms with E-state index in [-0.39, 0.29) is 22.8 Å². The number of hydrogen-bond acceptors (Lipinski definition) is 2. The Kier molecular flexibility index (Phi) is 4.73. The van der Waals surface area contributed by atoms with Crippen molar-refractivity contribution in [3.8, 4) is 0 Å². The van der Waals surface area contributed by atoms with Gasteiger partial charge in [0.2, 0.25) is 11.8 Å². The van der Waals surface area contributed by atoms with Gasteiger partial charge in [0.1, 0.15) is 5.92 Å². The minimum absolute atomic E-state index is 0.00592. The van der Waals surface area contributed by atoms with Gasteiger partial charge in [0.05, 0.1) is 0 Å². The minimum atomic E-state index is -0.477. The van der Waals surface area contributed by atoms with Crippen molar-refractivity contribution in [1.29, 1.82) is 0 Å². The molecular weight excluding hydrogens is 420 g/mol. The van der Waals surface area contributed by atoms with Crippen LogP contribution in [0.1, 0.15) is 104 Å². The Bertz CT molecular complexity index is 863. The summed E-state index contributed by atoms with van der Waals surface area (Å²) in [5.41, 5.74) is 0.628.